The minimum atomic E-state index is -0.151. The van der Waals surface area contributed by atoms with E-state index in [4.69, 9.17) is 9.47 Å². The van der Waals surface area contributed by atoms with Gasteiger partial charge in [0.2, 0.25) is 5.91 Å². The van der Waals surface area contributed by atoms with E-state index in [2.05, 4.69) is 55.0 Å². The molecule has 0 bridgehead atoms. The monoisotopic (exact) mass is 480 g/mol. The molecule has 0 aliphatic carbocycles. The summed E-state index contributed by atoms with van der Waals surface area (Å²) in [4.78, 5) is 12.5. The summed E-state index contributed by atoms with van der Waals surface area (Å²) in [5.41, 5.74) is 1.98. The normalized spacial score (nSPS) is 11.2. The fraction of sp³-hybridized carbons (Fsp3) is 0.346. The number of carbonyl (C=O) groups excluding carboxylic acids is 1. The predicted molar refractivity (Wildman–Crippen MR) is 137 cm³/mol. The minimum Gasteiger partial charge on any atom is -0.492 e. The van der Waals surface area contributed by atoms with E-state index in [1.165, 1.54) is 17.3 Å². The van der Waals surface area contributed by atoms with Crippen LogP contribution in [0.2, 0.25) is 0 Å². The SMILES string of the molecule is C=CCn1c(COc2ccc(C(C)(C)C)cc2)nnc1SCC(=O)Nc1ccccc1OCC. The van der Waals surface area contributed by atoms with Crippen LogP contribution in [0.4, 0.5) is 5.69 Å². The number of carbonyl (C=O) groups is 1. The van der Waals surface area contributed by atoms with E-state index in [1.807, 2.05) is 47.9 Å². The van der Waals surface area contributed by atoms with E-state index < -0.39 is 0 Å². The van der Waals surface area contributed by atoms with E-state index >= 15 is 0 Å². The topological polar surface area (TPSA) is 78.3 Å². The molecule has 0 atom stereocenters. The van der Waals surface area contributed by atoms with Crippen LogP contribution in [0.25, 0.3) is 0 Å². The molecule has 1 amide bonds. The summed E-state index contributed by atoms with van der Waals surface area (Å²) < 4.78 is 13.4. The summed E-state index contributed by atoms with van der Waals surface area (Å²) in [6.45, 7) is 13.6. The Kier molecular flexibility index (Phi) is 8.76. The molecule has 8 heteroatoms. The number of nitrogens with one attached hydrogen (secondary N) is 1. The smallest absolute Gasteiger partial charge is 0.234 e. The van der Waals surface area contributed by atoms with Crippen molar-refractivity contribution in [2.75, 3.05) is 17.7 Å². The lowest BCUT2D eigenvalue weighted by atomic mass is 9.87. The number of aromatic nitrogens is 3. The van der Waals surface area contributed by atoms with Crippen LogP contribution in [-0.2, 0) is 23.4 Å². The number of allylic oxidation sites excluding steroid dienone is 1. The highest BCUT2D eigenvalue weighted by Gasteiger charge is 2.16. The fourth-order valence-electron chi connectivity index (χ4n) is 3.21. The van der Waals surface area contributed by atoms with Crippen molar-refractivity contribution in [1.82, 2.24) is 14.8 Å². The molecule has 0 saturated heterocycles. The number of para-hydroxylation sites is 2. The molecule has 0 unspecified atom stereocenters. The van der Waals surface area contributed by atoms with Crippen molar-refractivity contribution < 1.29 is 14.3 Å². The molecular weight excluding hydrogens is 448 g/mol. The van der Waals surface area contributed by atoms with Gasteiger partial charge in [-0.15, -0.1) is 16.8 Å². The van der Waals surface area contributed by atoms with Gasteiger partial charge in [0.1, 0.15) is 18.1 Å². The van der Waals surface area contributed by atoms with Gasteiger partial charge in [-0.3, -0.25) is 9.36 Å². The molecule has 1 heterocycles. The summed E-state index contributed by atoms with van der Waals surface area (Å²) in [6, 6.07) is 15.5. The van der Waals surface area contributed by atoms with Gasteiger partial charge in [0.15, 0.2) is 11.0 Å². The van der Waals surface area contributed by atoms with Crippen molar-refractivity contribution in [2.24, 2.45) is 0 Å². The van der Waals surface area contributed by atoms with Gasteiger partial charge in [0, 0.05) is 6.54 Å². The molecule has 34 heavy (non-hydrogen) atoms. The Bertz CT molecular complexity index is 1100. The van der Waals surface area contributed by atoms with E-state index in [0.29, 0.717) is 35.6 Å². The molecule has 0 saturated carbocycles. The van der Waals surface area contributed by atoms with Crippen LogP contribution in [0, 0.1) is 0 Å². The number of benzene rings is 2. The molecule has 1 N–H and O–H groups in total. The quantitative estimate of drug-likeness (QED) is 0.290. The second kappa shape index (κ2) is 11.7. The molecule has 3 rings (SSSR count). The molecule has 2 aromatic carbocycles. The Morgan fingerprint density at radius 3 is 2.53 bits per heavy atom. The first-order valence-corrected chi connectivity index (χ1v) is 12.2. The van der Waals surface area contributed by atoms with Crippen molar-refractivity contribution >= 4 is 23.4 Å². The van der Waals surface area contributed by atoms with Crippen molar-refractivity contribution in [2.45, 2.75) is 51.4 Å². The van der Waals surface area contributed by atoms with E-state index in [9.17, 15) is 4.79 Å². The summed E-state index contributed by atoms with van der Waals surface area (Å²) in [5.74, 6) is 2.12. The summed E-state index contributed by atoms with van der Waals surface area (Å²) >= 11 is 1.31. The van der Waals surface area contributed by atoms with E-state index in [1.54, 1.807) is 6.08 Å². The van der Waals surface area contributed by atoms with Gasteiger partial charge < -0.3 is 14.8 Å². The Hall–Kier alpha value is -3.26. The minimum absolute atomic E-state index is 0.0895. The summed E-state index contributed by atoms with van der Waals surface area (Å²) in [6.07, 6.45) is 1.77. The first-order valence-electron chi connectivity index (χ1n) is 11.2. The molecule has 0 radical (unpaired) electrons. The van der Waals surface area contributed by atoms with Crippen LogP contribution in [0.3, 0.4) is 0 Å². The highest BCUT2D eigenvalue weighted by Crippen LogP contribution is 2.26. The van der Waals surface area contributed by atoms with Gasteiger partial charge >= 0.3 is 0 Å². The van der Waals surface area contributed by atoms with Crippen LogP contribution < -0.4 is 14.8 Å². The maximum atomic E-state index is 12.5. The van der Waals surface area contributed by atoms with Crippen LogP contribution in [0.1, 0.15) is 39.1 Å². The number of hydrogen-bond donors (Lipinski definition) is 1. The lowest BCUT2D eigenvalue weighted by Crippen LogP contribution is -2.15. The maximum Gasteiger partial charge on any atom is 0.234 e. The first-order chi connectivity index (χ1) is 16.3. The van der Waals surface area contributed by atoms with Gasteiger partial charge in [0.25, 0.3) is 0 Å². The predicted octanol–water partition coefficient (Wildman–Crippen LogP) is 5.47. The van der Waals surface area contributed by atoms with Crippen LogP contribution in [0.5, 0.6) is 11.5 Å². The van der Waals surface area contributed by atoms with E-state index in [0.717, 1.165) is 5.75 Å². The summed E-state index contributed by atoms with van der Waals surface area (Å²) in [7, 11) is 0. The standard InChI is InChI=1S/C26H32N4O3S/c1-6-16-30-23(17-33-20-14-12-19(13-15-20)26(3,4)5)28-29-25(30)34-18-24(31)27-21-10-8-9-11-22(21)32-7-2/h6,8-15H,1,7,16-18H2,2-5H3,(H,27,31). The third-order valence-electron chi connectivity index (χ3n) is 4.99. The molecule has 0 aliphatic heterocycles. The van der Waals surface area contributed by atoms with Crippen molar-refractivity contribution in [3.63, 3.8) is 0 Å². The van der Waals surface area contributed by atoms with Crippen molar-refractivity contribution in [3.05, 3.63) is 72.6 Å². The highest BCUT2D eigenvalue weighted by molar-refractivity contribution is 7.99. The molecule has 1 aromatic heterocycles. The number of thioether (sulfide) groups is 1. The van der Waals surface area contributed by atoms with Crippen molar-refractivity contribution in [1.29, 1.82) is 0 Å². The molecule has 3 aromatic rings. The van der Waals surface area contributed by atoms with Gasteiger partial charge in [-0.1, -0.05) is 62.9 Å². The number of rotatable bonds is 11. The van der Waals surface area contributed by atoms with Crippen LogP contribution in [0.15, 0.2) is 66.3 Å². The summed E-state index contributed by atoms with van der Waals surface area (Å²) in [5, 5.41) is 12.1. The number of anilines is 1. The molecule has 180 valence electrons. The third kappa shape index (κ3) is 6.87. The van der Waals surface area contributed by atoms with E-state index in [-0.39, 0.29) is 23.7 Å². The fourth-order valence-corrected chi connectivity index (χ4v) is 3.98. The van der Waals surface area contributed by atoms with Crippen LogP contribution in [-0.4, -0.2) is 33.0 Å². The average Bonchev–Trinajstić information content (AvgIpc) is 3.19. The molecule has 0 fully saturated rings. The largest absolute Gasteiger partial charge is 0.492 e. The molecule has 0 spiro atoms. The molecule has 0 aliphatic rings. The zero-order valence-electron chi connectivity index (χ0n) is 20.2. The number of amides is 1. The zero-order valence-corrected chi connectivity index (χ0v) is 21.0. The maximum absolute atomic E-state index is 12.5. The lowest BCUT2D eigenvalue weighted by Gasteiger charge is -2.19. The average molecular weight is 481 g/mol. The van der Waals surface area contributed by atoms with Gasteiger partial charge in [0.05, 0.1) is 18.0 Å². The Labute approximate surface area is 205 Å². The number of ether oxygens (including phenoxy) is 2. The second-order valence-corrected chi connectivity index (χ2v) is 9.57. The van der Waals surface area contributed by atoms with Gasteiger partial charge in [-0.25, -0.2) is 0 Å². The Balaban J connectivity index is 1.61. The Morgan fingerprint density at radius 1 is 1.12 bits per heavy atom. The van der Waals surface area contributed by atoms with Gasteiger partial charge in [-0.2, -0.15) is 0 Å². The zero-order chi connectivity index (χ0) is 24.6. The highest BCUT2D eigenvalue weighted by atomic mass is 32.2. The molecular formula is C26H32N4O3S. The lowest BCUT2D eigenvalue weighted by molar-refractivity contribution is -0.113. The number of hydrogen-bond acceptors (Lipinski definition) is 6. The van der Waals surface area contributed by atoms with Crippen LogP contribution >= 0.6 is 11.8 Å². The first kappa shape index (κ1) is 25.4. The molecule has 7 nitrogen and oxygen atoms in total. The second-order valence-electron chi connectivity index (χ2n) is 8.63. The van der Waals surface area contributed by atoms with Crippen molar-refractivity contribution in [3.8, 4) is 11.5 Å². The Morgan fingerprint density at radius 2 is 1.85 bits per heavy atom. The number of nitrogens with zero attached hydrogens (tertiary/aromatic N) is 3. The van der Waals surface area contributed by atoms with Gasteiger partial charge in [-0.05, 0) is 42.2 Å². The third-order valence-corrected chi connectivity index (χ3v) is 5.95.